The summed E-state index contributed by atoms with van der Waals surface area (Å²) in [6, 6.07) is 11.2. The van der Waals surface area contributed by atoms with Gasteiger partial charge in [-0.2, -0.15) is 0 Å². The van der Waals surface area contributed by atoms with Crippen LogP contribution >= 0.6 is 23.4 Å². The summed E-state index contributed by atoms with van der Waals surface area (Å²) in [6.07, 6.45) is 0.937. The molecule has 0 spiro atoms. The highest BCUT2D eigenvalue weighted by molar-refractivity contribution is 7.98. The molecule has 1 aliphatic heterocycles. The standard InChI is InChI=1S/C15H13ClO2S/c16-12-7-10-5-6-18-15(10)11(8-12)9-19-14-3-1-13(17)2-4-14/h1-4,7-8,17H,5-6,9H2. The second kappa shape index (κ2) is 5.35. The van der Waals surface area contributed by atoms with Crippen LogP contribution < -0.4 is 4.74 Å². The van der Waals surface area contributed by atoms with Gasteiger partial charge in [0.25, 0.3) is 0 Å². The number of ether oxygens (including phenoxy) is 1. The molecule has 0 saturated carbocycles. The summed E-state index contributed by atoms with van der Waals surface area (Å²) < 4.78 is 5.68. The van der Waals surface area contributed by atoms with Crippen molar-refractivity contribution in [1.29, 1.82) is 0 Å². The highest BCUT2D eigenvalue weighted by Gasteiger charge is 2.17. The quantitative estimate of drug-likeness (QED) is 0.857. The van der Waals surface area contributed by atoms with Crippen molar-refractivity contribution < 1.29 is 9.84 Å². The Hall–Kier alpha value is -1.32. The zero-order chi connectivity index (χ0) is 13.2. The highest BCUT2D eigenvalue weighted by atomic mass is 35.5. The van der Waals surface area contributed by atoms with Crippen LogP contribution in [-0.2, 0) is 12.2 Å². The van der Waals surface area contributed by atoms with Crippen LogP contribution in [0.15, 0.2) is 41.3 Å². The lowest BCUT2D eigenvalue weighted by Crippen LogP contribution is -1.90. The fourth-order valence-electron chi connectivity index (χ4n) is 2.16. The lowest BCUT2D eigenvalue weighted by Gasteiger charge is -2.09. The van der Waals surface area contributed by atoms with E-state index in [1.807, 2.05) is 24.3 Å². The van der Waals surface area contributed by atoms with Crippen molar-refractivity contribution in [2.45, 2.75) is 17.1 Å². The third kappa shape index (κ3) is 2.82. The van der Waals surface area contributed by atoms with E-state index in [0.717, 1.165) is 40.0 Å². The number of aromatic hydroxyl groups is 1. The Morgan fingerprint density at radius 3 is 2.79 bits per heavy atom. The fourth-order valence-corrected chi connectivity index (χ4v) is 3.29. The number of hydrogen-bond acceptors (Lipinski definition) is 3. The molecule has 0 bridgehead atoms. The van der Waals surface area contributed by atoms with Crippen LogP contribution in [0.3, 0.4) is 0 Å². The van der Waals surface area contributed by atoms with Crippen molar-refractivity contribution in [2.24, 2.45) is 0 Å². The van der Waals surface area contributed by atoms with Crippen LogP contribution in [0.1, 0.15) is 11.1 Å². The van der Waals surface area contributed by atoms with Gasteiger partial charge in [-0.25, -0.2) is 0 Å². The molecule has 0 atom stereocenters. The van der Waals surface area contributed by atoms with Crippen molar-refractivity contribution in [1.82, 2.24) is 0 Å². The van der Waals surface area contributed by atoms with Gasteiger partial charge in [-0.05, 0) is 42.0 Å². The molecular formula is C15H13ClO2S. The molecule has 1 aliphatic rings. The molecular weight excluding hydrogens is 280 g/mol. The summed E-state index contributed by atoms with van der Waals surface area (Å²) in [4.78, 5) is 1.12. The summed E-state index contributed by atoms with van der Waals surface area (Å²) in [5.41, 5.74) is 2.34. The molecule has 2 nitrogen and oxygen atoms in total. The maximum absolute atomic E-state index is 9.26. The number of halogens is 1. The van der Waals surface area contributed by atoms with Crippen molar-refractivity contribution in [3.05, 3.63) is 52.5 Å². The van der Waals surface area contributed by atoms with Gasteiger partial charge in [0.15, 0.2) is 0 Å². The first kappa shape index (κ1) is 12.7. The van der Waals surface area contributed by atoms with Crippen LogP contribution in [0.4, 0.5) is 0 Å². The van der Waals surface area contributed by atoms with E-state index in [4.69, 9.17) is 16.3 Å². The van der Waals surface area contributed by atoms with E-state index in [2.05, 4.69) is 0 Å². The van der Waals surface area contributed by atoms with Crippen molar-refractivity contribution in [3.8, 4) is 11.5 Å². The van der Waals surface area contributed by atoms with Crippen LogP contribution in [0.2, 0.25) is 5.02 Å². The lowest BCUT2D eigenvalue weighted by atomic mass is 10.1. The van der Waals surface area contributed by atoms with Crippen LogP contribution in [0, 0.1) is 0 Å². The van der Waals surface area contributed by atoms with Gasteiger partial charge in [0.2, 0.25) is 0 Å². The van der Waals surface area contributed by atoms with Gasteiger partial charge in [0.05, 0.1) is 6.61 Å². The van der Waals surface area contributed by atoms with Crippen molar-refractivity contribution >= 4 is 23.4 Å². The summed E-state index contributed by atoms with van der Waals surface area (Å²) in [5, 5.41) is 10.0. The molecule has 0 unspecified atom stereocenters. The number of hydrogen-bond donors (Lipinski definition) is 1. The number of rotatable bonds is 3. The van der Waals surface area contributed by atoms with Gasteiger partial charge < -0.3 is 9.84 Å². The van der Waals surface area contributed by atoms with Gasteiger partial charge in [0, 0.05) is 27.7 Å². The second-order valence-electron chi connectivity index (χ2n) is 4.43. The fraction of sp³-hybridized carbons (Fsp3) is 0.200. The van der Waals surface area contributed by atoms with E-state index >= 15 is 0 Å². The Morgan fingerprint density at radius 2 is 2.00 bits per heavy atom. The Labute approximate surface area is 121 Å². The zero-order valence-electron chi connectivity index (χ0n) is 10.2. The minimum absolute atomic E-state index is 0.288. The number of benzene rings is 2. The minimum atomic E-state index is 0.288. The summed E-state index contributed by atoms with van der Waals surface area (Å²) in [5.74, 6) is 2.10. The Balaban J connectivity index is 1.78. The van der Waals surface area contributed by atoms with E-state index in [9.17, 15) is 5.11 Å². The number of phenolic OH excluding ortho intramolecular Hbond substituents is 1. The SMILES string of the molecule is Oc1ccc(SCc2cc(Cl)cc3c2OCC3)cc1. The normalized spacial score (nSPS) is 13.1. The maximum Gasteiger partial charge on any atom is 0.126 e. The molecule has 4 heteroatoms. The third-order valence-corrected chi connectivity index (χ3v) is 4.34. The molecule has 0 radical (unpaired) electrons. The van der Waals surface area contributed by atoms with E-state index < -0.39 is 0 Å². The molecule has 2 aromatic carbocycles. The van der Waals surface area contributed by atoms with Gasteiger partial charge in [0.1, 0.15) is 11.5 Å². The molecule has 1 N–H and O–H groups in total. The largest absolute Gasteiger partial charge is 0.508 e. The minimum Gasteiger partial charge on any atom is -0.508 e. The van der Waals surface area contributed by atoms with Gasteiger partial charge in [-0.3, -0.25) is 0 Å². The third-order valence-electron chi connectivity index (χ3n) is 3.06. The average molecular weight is 293 g/mol. The summed E-state index contributed by atoms with van der Waals surface area (Å²) in [6.45, 7) is 0.743. The molecule has 0 aliphatic carbocycles. The molecule has 0 saturated heterocycles. The van der Waals surface area contributed by atoms with Crippen LogP contribution in [0.5, 0.6) is 11.5 Å². The number of phenols is 1. The molecule has 98 valence electrons. The number of fused-ring (bicyclic) bond motifs is 1. The molecule has 1 heterocycles. The first-order valence-electron chi connectivity index (χ1n) is 6.08. The highest BCUT2D eigenvalue weighted by Crippen LogP contribution is 2.36. The summed E-state index contributed by atoms with van der Waals surface area (Å²) in [7, 11) is 0. The van der Waals surface area contributed by atoms with Crippen molar-refractivity contribution in [3.63, 3.8) is 0 Å². The maximum atomic E-state index is 9.26. The van der Waals surface area contributed by atoms with Crippen molar-refractivity contribution in [2.75, 3.05) is 6.61 Å². The molecule has 0 fully saturated rings. The Morgan fingerprint density at radius 1 is 1.21 bits per heavy atom. The Kier molecular flexibility index (Phi) is 3.58. The van der Waals surface area contributed by atoms with Gasteiger partial charge >= 0.3 is 0 Å². The van der Waals surface area contributed by atoms with Gasteiger partial charge in [-0.15, -0.1) is 11.8 Å². The van der Waals surface area contributed by atoms with E-state index in [1.54, 1.807) is 23.9 Å². The lowest BCUT2D eigenvalue weighted by molar-refractivity contribution is 0.354. The zero-order valence-corrected chi connectivity index (χ0v) is 11.8. The molecule has 2 aromatic rings. The summed E-state index contributed by atoms with van der Waals surface area (Å²) >= 11 is 7.84. The molecule has 0 aromatic heterocycles. The average Bonchev–Trinajstić information content (AvgIpc) is 2.85. The smallest absolute Gasteiger partial charge is 0.126 e. The molecule has 0 amide bonds. The second-order valence-corrected chi connectivity index (χ2v) is 5.92. The first-order chi connectivity index (χ1) is 9.22. The predicted molar refractivity (Wildman–Crippen MR) is 78.3 cm³/mol. The van der Waals surface area contributed by atoms with Crippen LogP contribution in [0.25, 0.3) is 0 Å². The van der Waals surface area contributed by atoms with Crippen LogP contribution in [-0.4, -0.2) is 11.7 Å². The monoisotopic (exact) mass is 292 g/mol. The number of thioether (sulfide) groups is 1. The van der Waals surface area contributed by atoms with E-state index in [1.165, 1.54) is 5.56 Å². The Bertz CT molecular complexity index is 596. The molecule has 3 rings (SSSR count). The topological polar surface area (TPSA) is 29.5 Å². The first-order valence-corrected chi connectivity index (χ1v) is 7.44. The van der Waals surface area contributed by atoms with Gasteiger partial charge in [-0.1, -0.05) is 11.6 Å². The van der Waals surface area contributed by atoms with E-state index in [-0.39, 0.29) is 5.75 Å². The predicted octanol–water partition coefficient (Wildman–Crippen LogP) is 4.27. The van der Waals surface area contributed by atoms with E-state index in [0.29, 0.717) is 0 Å². The molecule has 19 heavy (non-hydrogen) atoms.